The van der Waals surface area contributed by atoms with Gasteiger partial charge in [0.1, 0.15) is 24.3 Å². The number of pyridine rings is 1. The number of aromatic nitrogens is 2. The lowest BCUT2D eigenvalue weighted by Crippen LogP contribution is -2.38. The molecule has 0 aliphatic carbocycles. The van der Waals surface area contributed by atoms with E-state index in [-0.39, 0.29) is 16.6 Å². The van der Waals surface area contributed by atoms with E-state index in [9.17, 15) is 17.8 Å². The highest BCUT2D eigenvalue weighted by Gasteiger charge is 2.25. The van der Waals surface area contributed by atoms with Gasteiger partial charge in [0.15, 0.2) is 12.7 Å². The van der Waals surface area contributed by atoms with Gasteiger partial charge in [0.05, 0.1) is 23.2 Å². The highest BCUT2D eigenvalue weighted by molar-refractivity contribution is 8.08. The highest BCUT2D eigenvalue weighted by Crippen LogP contribution is 2.44. The number of nitrogens with zero attached hydrogens (tertiary/aromatic N) is 3. The molecule has 1 unspecified atom stereocenters. The van der Waals surface area contributed by atoms with Crippen molar-refractivity contribution in [1.29, 1.82) is 0 Å². The fourth-order valence-corrected chi connectivity index (χ4v) is 7.77. The van der Waals surface area contributed by atoms with Crippen LogP contribution in [0.5, 0.6) is 0 Å². The van der Waals surface area contributed by atoms with Crippen LogP contribution in [0.25, 0.3) is 11.1 Å². The van der Waals surface area contributed by atoms with Crippen molar-refractivity contribution in [2.45, 2.75) is 48.7 Å². The second kappa shape index (κ2) is 13.4. The zero-order chi connectivity index (χ0) is 30.6. The van der Waals surface area contributed by atoms with E-state index in [1.807, 2.05) is 55.1 Å². The van der Waals surface area contributed by atoms with Crippen LogP contribution < -0.4 is 24.2 Å². The SMILES string of the molecule is C=CC[n+]1ccccc1/C=c1/s/c(=C2\Sc3ccccc3N2C)c(=O)n1CC1CCCO1.Cc1ccc(S(=O)(=O)[O-])cc1. The molecule has 224 valence electrons. The molecule has 1 saturated heterocycles. The van der Waals surface area contributed by atoms with Crippen LogP contribution in [0, 0.1) is 6.92 Å². The minimum Gasteiger partial charge on any atom is -0.744 e. The summed E-state index contributed by atoms with van der Waals surface area (Å²) in [6.45, 7) is 7.77. The Morgan fingerprint density at radius 3 is 2.53 bits per heavy atom. The fraction of sp³-hybridized carbons (Fsp3) is 0.250. The maximum absolute atomic E-state index is 13.7. The van der Waals surface area contributed by atoms with Crippen molar-refractivity contribution in [2.24, 2.45) is 0 Å². The van der Waals surface area contributed by atoms with Crippen LogP contribution in [0.3, 0.4) is 0 Å². The molecule has 1 fully saturated rings. The van der Waals surface area contributed by atoms with Crippen LogP contribution in [0.4, 0.5) is 5.69 Å². The van der Waals surface area contributed by atoms with E-state index in [0.717, 1.165) is 50.6 Å². The zero-order valence-electron chi connectivity index (χ0n) is 24.0. The number of anilines is 1. The third-order valence-corrected chi connectivity index (χ3v) is 10.5. The highest BCUT2D eigenvalue weighted by atomic mass is 32.2. The first kappa shape index (κ1) is 31.0. The summed E-state index contributed by atoms with van der Waals surface area (Å²) in [6.07, 6.45) is 8.18. The van der Waals surface area contributed by atoms with Gasteiger partial charge in [-0.3, -0.25) is 9.36 Å². The number of hydrogen-bond donors (Lipinski definition) is 0. The average Bonchev–Trinajstić information content (AvgIpc) is 3.70. The predicted molar refractivity (Wildman–Crippen MR) is 170 cm³/mol. The summed E-state index contributed by atoms with van der Waals surface area (Å²) >= 11 is 3.23. The van der Waals surface area contributed by atoms with E-state index >= 15 is 0 Å². The topological polar surface area (TPSA) is 95.6 Å². The molecule has 1 atom stereocenters. The molecule has 11 heteroatoms. The van der Waals surface area contributed by atoms with E-state index in [1.165, 1.54) is 17.0 Å². The van der Waals surface area contributed by atoms with Gasteiger partial charge < -0.3 is 14.2 Å². The van der Waals surface area contributed by atoms with E-state index in [0.29, 0.717) is 13.1 Å². The van der Waals surface area contributed by atoms with Crippen molar-refractivity contribution in [1.82, 2.24) is 4.57 Å². The largest absolute Gasteiger partial charge is 0.744 e. The van der Waals surface area contributed by atoms with E-state index in [4.69, 9.17) is 4.74 Å². The maximum Gasteiger partial charge on any atom is 0.271 e. The summed E-state index contributed by atoms with van der Waals surface area (Å²) < 4.78 is 42.8. The number of rotatable bonds is 6. The Hall–Kier alpha value is -3.48. The van der Waals surface area contributed by atoms with Crippen LogP contribution in [0.2, 0.25) is 0 Å². The minimum atomic E-state index is -4.27. The predicted octanol–water partition coefficient (Wildman–Crippen LogP) is 3.60. The molecular formula is C32H33N3O5S3. The number of allylic oxidation sites excluding steroid dienone is 1. The summed E-state index contributed by atoms with van der Waals surface area (Å²) in [5, 5.41) is 0.994. The molecule has 4 heterocycles. The van der Waals surface area contributed by atoms with E-state index in [2.05, 4.69) is 40.3 Å². The summed E-state index contributed by atoms with van der Waals surface area (Å²) in [4.78, 5) is 16.8. The molecular weight excluding hydrogens is 603 g/mol. The molecule has 8 nitrogen and oxygen atoms in total. The monoisotopic (exact) mass is 635 g/mol. The summed E-state index contributed by atoms with van der Waals surface area (Å²) in [6, 6.07) is 20.2. The van der Waals surface area contributed by atoms with Crippen LogP contribution >= 0.6 is 23.1 Å². The van der Waals surface area contributed by atoms with Crippen molar-refractivity contribution in [3.05, 3.63) is 116 Å². The number of benzene rings is 2. The van der Waals surface area contributed by atoms with E-state index in [1.54, 1.807) is 35.2 Å². The van der Waals surface area contributed by atoms with Gasteiger partial charge in [-0.05, 0) is 56.2 Å². The van der Waals surface area contributed by atoms with Gasteiger partial charge in [-0.15, -0.1) is 11.3 Å². The third-order valence-electron chi connectivity index (χ3n) is 7.14. The van der Waals surface area contributed by atoms with Crippen molar-refractivity contribution in [3.8, 4) is 0 Å². The quantitative estimate of drug-likeness (QED) is 0.182. The standard InChI is InChI=1S/C25H26N3O2S2.C7H8O3S/c1-3-13-27-14-7-6-9-18(27)16-22-28(17-19-10-8-15-30-19)24(29)23(32-22)25-26(2)20-11-4-5-12-21(20)31-25;1-6-2-4-7(5-3-6)11(8,9)10/h3-7,9,11-12,14,16,19H,1,8,10,13,15,17H2,2H3;2-5H,1H3,(H,8,9,10)/q+1;/p-1/b25-23-;. The van der Waals surface area contributed by atoms with E-state index < -0.39 is 10.1 Å². The van der Waals surface area contributed by atoms with Crippen molar-refractivity contribution >= 4 is 50.0 Å². The molecule has 0 saturated carbocycles. The summed E-state index contributed by atoms with van der Waals surface area (Å²) in [5.41, 5.74) is 3.17. The Labute approximate surface area is 259 Å². The number of thiazole rings is 1. The third kappa shape index (κ3) is 7.19. The van der Waals surface area contributed by atoms with Gasteiger partial charge in [0, 0.05) is 36.8 Å². The first-order valence-electron chi connectivity index (χ1n) is 13.9. The Morgan fingerprint density at radius 2 is 1.86 bits per heavy atom. The molecule has 0 bridgehead atoms. The minimum absolute atomic E-state index is 0.0603. The summed E-state index contributed by atoms with van der Waals surface area (Å²) in [5.74, 6) is 0. The lowest BCUT2D eigenvalue weighted by molar-refractivity contribution is -0.688. The maximum atomic E-state index is 13.7. The first-order valence-corrected chi connectivity index (χ1v) is 16.9. The molecule has 43 heavy (non-hydrogen) atoms. The Kier molecular flexibility index (Phi) is 9.68. The number of aryl methyl sites for hydroxylation is 1. The molecule has 2 aliphatic heterocycles. The van der Waals surface area contributed by atoms with Gasteiger partial charge in [-0.2, -0.15) is 4.57 Å². The second-order valence-electron chi connectivity index (χ2n) is 10.2. The van der Waals surface area contributed by atoms with Gasteiger partial charge in [0.2, 0.25) is 5.69 Å². The fourth-order valence-electron chi connectivity index (χ4n) is 4.89. The van der Waals surface area contributed by atoms with Crippen LogP contribution in [-0.4, -0.2) is 37.3 Å². The molecule has 6 rings (SSSR count). The van der Waals surface area contributed by atoms with Crippen molar-refractivity contribution < 1.29 is 22.3 Å². The van der Waals surface area contributed by atoms with Crippen LogP contribution in [0.15, 0.2) is 100 Å². The Balaban J connectivity index is 0.000000283. The van der Waals surface area contributed by atoms with Crippen LogP contribution in [-0.2, 0) is 27.9 Å². The van der Waals surface area contributed by atoms with Gasteiger partial charge in [0.25, 0.3) is 5.56 Å². The second-order valence-corrected chi connectivity index (χ2v) is 13.7. The molecule has 0 spiro atoms. The molecule has 2 aromatic carbocycles. The lowest BCUT2D eigenvalue weighted by atomic mass is 10.2. The van der Waals surface area contributed by atoms with Gasteiger partial charge >= 0.3 is 0 Å². The molecule has 0 N–H and O–H groups in total. The van der Waals surface area contributed by atoms with Gasteiger partial charge in [-0.25, -0.2) is 8.42 Å². The number of para-hydroxylation sites is 1. The number of fused-ring (bicyclic) bond motifs is 1. The number of hydrogen-bond acceptors (Lipinski definition) is 8. The van der Waals surface area contributed by atoms with Crippen molar-refractivity contribution in [2.75, 3.05) is 18.6 Å². The zero-order valence-corrected chi connectivity index (χ0v) is 26.5. The number of ether oxygens (including phenoxy) is 1. The lowest BCUT2D eigenvalue weighted by Gasteiger charge is -2.12. The molecule has 0 amide bonds. The summed E-state index contributed by atoms with van der Waals surface area (Å²) in [7, 11) is -2.23. The van der Waals surface area contributed by atoms with Crippen molar-refractivity contribution in [3.63, 3.8) is 0 Å². The molecule has 4 aromatic rings. The van der Waals surface area contributed by atoms with Gasteiger partial charge in [-0.1, -0.05) is 48.2 Å². The number of thioether (sulfide) groups is 1. The Morgan fingerprint density at radius 1 is 1.12 bits per heavy atom. The van der Waals surface area contributed by atoms with Crippen LogP contribution in [0.1, 0.15) is 24.1 Å². The molecule has 0 radical (unpaired) electrons. The molecule has 2 aliphatic rings. The first-order chi connectivity index (χ1) is 20.7. The smallest absolute Gasteiger partial charge is 0.271 e. The Bertz CT molecular complexity index is 1910. The molecule has 2 aromatic heterocycles. The average molecular weight is 636 g/mol. The normalized spacial score (nSPS) is 17.9.